The van der Waals surface area contributed by atoms with Crippen LogP contribution in [0.1, 0.15) is 22.5 Å². The average molecular weight is 328 g/mol. The Hall–Kier alpha value is -2.91. The fraction of sp³-hybridized carbons (Fsp3) is 0.136. The Bertz CT molecular complexity index is 1020. The molecule has 0 amide bonds. The summed E-state index contributed by atoms with van der Waals surface area (Å²) < 4.78 is 1.97. The van der Waals surface area contributed by atoms with Crippen molar-refractivity contribution < 1.29 is 5.11 Å². The van der Waals surface area contributed by atoms with Crippen LogP contribution in [0.3, 0.4) is 0 Å². The van der Waals surface area contributed by atoms with Crippen molar-refractivity contribution in [1.29, 1.82) is 0 Å². The van der Waals surface area contributed by atoms with Crippen molar-refractivity contribution in [2.24, 2.45) is 7.05 Å². The quantitative estimate of drug-likeness (QED) is 0.613. The molecule has 0 radical (unpaired) electrons. The molecular formula is C22H20N2O. The van der Waals surface area contributed by atoms with Gasteiger partial charge in [0.2, 0.25) is 0 Å². The smallest absolute Gasteiger partial charge is 0.173 e. The van der Waals surface area contributed by atoms with Gasteiger partial charge in [0.25, 0.3) is 0 Å². The van der Waals surface area contributed by atoms with E-state index in [2.05, 4.69) is 0 Å². The zero-order chi connectivity index (χ0) is 17.4. The molecule has 25 heavy (non-hydrogen) atoms. The minimum atomic E-state index is -1.32. The topological polar surface area (TPSA) is 38.1 Å². The first kappa shape index (κ1) is 15.6. The van der Waals surface area contributed by atoms with E-state index in [0.29, 0.717) is 5.82 Å². The maximum Gasteiger partial charge on any atom is 0.173 e. The number of nitrogens with zero attached hydrogens (tertiary/aromatic N) is 2. The van der Waals surface area contributed by atoms with Gasteiger partial charge in [-0.15, -0.1) is 0 Å². The van der Waals surface area contributed by atoms with E-state index in [1.54, 1.807) is 0 Å². The highest BCUT2D eigenvalue weighted by Gasteiger charge is 2.38. The Labute approximate surface area is 147 Å². The molecule has 0 spiro atoms. The Morgan fingerprint density at radius 3 is 2.08 bits per heavy atom. The van der Waals surface area contributed by atoms with Gasteiger partial charge in [0, 0.05) is 7.05 Å². The fourth-order valence-corrected chi connectivity index (χ4v) is 3.37. The lowest BCUT2D eigenvalue weighted by Crippen LogP contribution is -2.32. The van der Waals surface area contributed by atoms with Crippen LogP contribution >= 0.6 is 0 Å². The first-order chi connectivity index (χ1) is 12.1. The molecule has 3 aromatic carbocycles. The highest BCUT2D eigenvalue weighted by atomic mass is 16.3. The summed E-state index contributed by atoms with van der Waals surface area (Å²) in [6.45, 7) is 2.04. The molecule has 124 valence electrons. The van der Waals surface area contributed by atoms with Gasteiger partial charge in [-0.2, -0.15) is 0 Å². The van der Waals surface area contributed by atoms with E-state index in [-0.39, 0.29) is 0 Å². The lowest BCUT2D eigenvalue weighted by molar-refractivity contribution is 0.113. The van der Waals surface area contributed by atoms with E-state index in [1.165, 1.54) is 0 Å². The van der Waals surface area contributed by atoms with Crippen LogP contribution in [-0.2, 0) is 12.6 Å². The minimum absolute atomic E-state index is 0.615. The van der Waals surface area contributed by atoms with Crippen LogP contribution in [-0.4, -0.2) is 14.7 Å². The minimum Gasteiger partial charge on any atom is -0.373 e. The van der Waals surface area contributed by atoms with Gasteiger partial charge in [-0.3, -0.25) is 0 Å². The summed E-state index contributed by atoms with van der Waals surface area (Å²) in [6, 6.07) is 25.7. The number of fused-ring (bicyclic) bond motifs is 1. The zero-order valence-electron chi connectivity index (χ0n) is 14.3. The molecule has 0 fully saturated rings. The highest BCUT2D eigenvalue weighted by Crippen LogP contribution is 2.37. The molecule has 4 aromatic rings. The van der Waals surface area contributed by atoms with Gasteiger partial charge in [0.05, 0.1) is 11.0 Å². The highest BCUT2D eigenvalue weighted by molar-refractivity contribution is 5.76. The number of hydrogen-bond acceptors (Lipinski definition) is 2. The Kier molecular flexibility index (Phi) is 3.66. The molecule has 0 aliphatic carbocycles. The maximum atomic E-state index is 11.9. The SMILES string of the molecule is Cc1ccc([C@@](O)(c2ccccc2)c2nc3ccccc3n2C)cc1. The van der Waals surface area contributed by atoms with Gasteiger partial charge in [0.1, 0.15) is 0 Å². The van der Waals surface area contributed by atoms with Crippen LogP contribution in [0.2, 0.25) is 0 Å². The monoisotopic (exact) mass is 328 g/mol. The van der Waals surface area contributed by atoms with E-state index < -0.39 is 5.60 Å². The van der Waals surface area contributed by atoms with Crippen molar-refractivity contribution >= 4 is 11.0 Å². The maximum absolute atomic E-state index is 11.9. The molecule has 1 N–H and O–H groups in total. The summed E-state index contributed by atoms with van der Waals surface area (Å²) in [6.07, 6.45) is 0. The van der Waals surface area contributed by atoms with Crippen LogP contribution in [0, 0.1) is 6.92 Å². The first-order valence-electron chi connectivity index (χ1n) is 8.37. The fourth-order valence-electron chi connectivity index (χ4n) is 3.37. The molecular weight excluding hydrogens is 308 g/mol. The number of aromatic nitrogens is 2. The summed E-state index contributed by atoms with van der Waals surface area (Å²) in [5, 5.41) is 11.9. The van der Waals surface area contributed by atoms with Gasteiger partial charge in [-0.05, 0) is 30.2 Å². The molecule has 0 saturated carbocycles. The summed E-state index contributed by atoms with van der Waals surface area (Å²) in [5.74, 6) is 0.615. The predicted octanol–water partition coefficient (Wildman–Crippen LogP) is 4.17. The molecule has 0 saturated heterocycles. The number of benzene rings is 3. The van der Waals surface area contributed by atoms with Gasteiger partial charge < -0.3 is 9.67 Å². The van der Waals surface area contributed by atoms with Crippen molar-refractivity contribution in [2.75, 3.05) is 0 Å². The molecule has 0 aliphatic heterocycles. The van der Waals surface area contributed by atoms with Crippen molar-refractivity contribution in [3.8, 4) is 0 Å². The number of para-hydroxylation sites is 2. The van der Waals surface area contributed by atoms with Crippen molar-refractivity contribution in [3.63, 3.8) is 0 Å². The summed E-state index contributed by atoms with van der Waals surface area (Å²) in [4.78, 5) is 4.77. The van der Waals surface area contributed by atoms with Crippen LogP contribution in [0.4, 0.5) is 0 Å². The van der Waals surface area contributed by atoms with E-state index in [1.807, 2.05) is 97.4 Å². The van der Waals surface area contributed by atoms with E-state index in [4.69, 9.17) is 4.98 Å². The number of hydrogen-bond donors (Lipinski definition) is 1. The van der Waals surface area contributed by atoms with Crippen LogP contribution < -0.4 is 0 Å². The molecule has 0 bridgehead atoms. The van der Waals surface area contributed by atoms with Crippen LogP contribution in [0.5, 0.6) is 0 Å². The van der Waals surface area contributed by atoms with Crippen LogP contribution in [0.25, 0.3) is 11.0 Å². The third-order valence-electron chi connectivity index (χ3n) is 4.77. The van der Waals surface area contributed by atoms with Gasteiger partial charge in [0.15, 0.2) is 11.4 Å². The summed E-state index contributed by atoms with van der Waals surface area (Å²) in [7, 11) is 1.95. The number of aliphatic hydroxyl groups is 1. The second-order valence-electron chi connectivity index (χ2n) is 6.43. The molecule has 0 unspecified atom stereocenters. The summed E-state index contributed by atoms with van der Waals surface area (Å²) >= 11 is 0. The van der Waals surface area contributed by atoms with Crippen LogP contribution in [0.15, 0.2) is 78.9 Å². The lowest BCUT2D eigenvalue weighted by atomic mass is 9.85. The third-order valence-corrected chi connectivity index (χ3v) is 4.77. The molecule has 4 rings (SSSR count). The Morgan fingerprint density at radius 1 is 0.800 bits per heavy atom. The standard InChI is InChI=1S/C22H20N2O/c1-16-12-14-18(15-13-16)22(25,17-8-4-3-5-9-17)21-23-19-10-6-7-11-20(19)24(21)2/h3-15,25H,1-2H3/t22-/m0/s1. The van der Waals surface area contributed by atoms with E-state index in [0.717, 1.165) is 27.7 Å². The molecule has 1 heterocycles. The summed E-state index contributed by atoms with van der Waals surface area (Å²) in [5.41, 5.74) is 3.33. The largest absolute Gasteiger partial charge is 0.373 e. The number of imidazole rings is 1. The van der Waals surface area contributed by atoms with Gasteiger partial charge in [-0.25, -0.2) is 4.98 Å². The average Bonchev–Trinajstić information content (AvgIpc) is 3.00. The predicted molar refractivity (Wildman–Crippen MR) is 100 cm³/mol. The lowest BCUT2D eigenvalue weighted by Gasteiger charge is -2.29. The normalized spacial score (nSPS) is 13.7. The van der Waals surface area contributed by atoms with Gasteiger partial charge >= 0.3 is 0 Å². The van der Waals surface area contributed by atoms with Gasteiger partial charge in [-0.1, -0.05) is 72.3 Å². The van der Waals surface area contributed by atoms with Crippen molar-refractivity contribution in [2.45, 2.75) is 12.5 Å². The van der Waals surface area contributed by atoms with Crippen molar-refractivity contribution in [3.05, 3.63) is 101 Å². The molecule has 3 heteroatoms. The molecule has 1 aromatic heterocycles. The number of rotatable bonds is 3. The second kappa shape index (κ2) is 5.87. The molecule has 0 aliphatic rings. The van der Waals surface area contributed by atoms with Crippen molar-refractivity contribution in [1.82, 2.24) is 9.55 Å². The molecule has 3 nitrogen and oxygen atoms in total. The number of aryl methyl sites for hydroxylation is 2. The van der Waals surface area contributed by atoms with E-state index in [9.17, 15) is 5.11 Å². The first-order valence-corrected chi connectivity index (χ1v) is 8.37. The van der Waals surface area contributed by atoms with E-state index >= 15 is 0 Å². The second-order valence-corrected chi connectivity index (χ2v) is 6.43. The molecule has 1 atom stereocenters. The Balaban J connectivity index is 2.03. The Morgan fingerprint density at radius 2 is 1.40 bits per heavy atom. The zero-order valence-corrected chi connectivity index (χ0v) is 14.3. The third kappa shape index (κ3) is 2.44.